The standard InChI is InChI=1S/C14H18ClN3/c1-9-5-12-14(16-7-9)18(13(6-15)17-12)8-10(2)11-3-4-11/h5,7,10-11H,3-4,6,8H2,1-2H3. The van der Waals surface area contributed by atoms with Gasteiger partial charge in [-0.2, -0.15) is 0 Å². The van der Waals surface area contributed by atoms with E-state index in [-0.39, 0.29) is 0 Å². The van der Waals surface area contributed by atoms with Crippen LogP contribution >= 0.6 is 11.6 Å². The first-order valence-electron chi connectivity index (χ1n) is 6.56. The molecule has 1 unspecified atom stereocenters. The first-order chi connectivity index (χ1) is 8.69. The second-order valence-corrected chi connectivity index (χ2v) is 5.71. The first-order valence-corrected chi connectivity index (χ1v) is 7.10. The summed E-state index contributed by atoms with van der Waals surface area (Å²) in [5, 5.41) is 0. The average Bonchev–Trinajstić information content (AvgIpc) is 3.14. The predicted octanol–water partition coefficient (Wildman–Crippen LogP) is 3.52. The Kier molecular flexibility index (Phi) is 3.02. The molecule has 2 aromatic rings. The molecule has 96 valence electrons. The third-order valence-corrected chi connectivity index (χ3v) is 4.06. The van der Waals surface area contributed by atoms with Gasteiger partial charge in [-0.15, -0.1) is 11.6 Å². The molecule has 1 aliphatic carbocycles. The summed E-state index contributed by atoms with van der Waals surface area (Å²) in [5.74, 6) is 2.97. The van der Waals surface area contributed by atoms with Gasteiger partial charge in [-0.25, -0.2) is 9.97 Å². The molecule has 18 heavy (non-hydrogen) atoms. The fraction of sp³-hybridized carbons (Fsp3) is 0.571. The van der Waals surface area contributed by atoms with E-state index in [9.17, 15) is 0 Å². The van der Waals surface area contributed by atoms with Gasteiger partial charge >= 0.3 is 0 Å². The van der Waals surface area contributed by atoms with Crippen LogP contribution in [0.25, 0.3) is 11.2 Å². The molecule has 3 nitrogen and oxygen atoms in total. The molecule has 0 N–H and O–H groups in total. The molecule has 0 spiro atoms. The number of aryl methyl sites for hydroxylation is 1. The third-order valence-electron chi connectivity index (χ3n) is 3.82. The molecule has 2 aromatic heterocycles. The van der Waals surface area contributed by atoms with E-state index < -0.39 is 0 Å². The van der Waals surface area contributed by atoms with Gasteiger partial charge in [0, 0.05) is 12.7 Å². The molecule has 1 aliphatic rings. The molecule has 1 atom stereocenters. The first kappa shape index (κ1) is 12.0. The zero-order valence-corrected chi connectivity index (χ0v) is 11.6. The Morgan fingerprint density at radius 1 is 1.50 bits per heavy atom. The van der Waals surface area contributed by atoms with Gasteiger partial charge in [-0.1, -0.05) is 6.92 Å². The molecule has 0 aromatic carbocycles. The predicted molar refractivity (Wildman–Crippen MR) is 73.7 cm³/mol. The number of nitrogens with zero attached hydrogens (tertiary/aromatic N) is 3. The minimum Gasteiger partial charge on any atom is -0.311 e. The second-order valence-electron chi connectivity index (χ2n) is 5.44. The average molecular weight is 264 g/mol. The summed E-state index contributed by atoms with van der Waals surface area (Å²) in [6, 6.07) is 2.08. The molecule has 1 saturated carbocycles. The van der Waals surface area contributed by atoms with Crippen LogP contribution in [0.1, 0.15) is 31.2 Å². The SMILES string of the molecule is Cc1cnc2c(c1)nc(CCl)n2CC(C)C1CC1. The van der Waals surface area contributed by atoms with Crippen molar-refractivity contribution in [2.75, 3.05) is 0 Å². The lowest BCUT2D eigenvalue weighted by atomic mass is 10.1. The largest absolute Gasteiger partial charge is 0.311 e. The topological polar surface area (TPSA) is 30.7 Å². The smallest absolute Gasteiger partial charge is 0.160 e. The van der Waals surface area contributed by atoms with E-state index in [4.69, 9.17) is 11.6 Å². The van der Waals surface area contributed by atoms with Crippen LogP contribution in [0.15, 0.2) is 12.3 Å². The minimum absolute atomic E-state index is 0.451. The van der Waals surface area contributed by atoms with Crippen molar-refractivity contribution in [3.63, 3.8) is 0 Å². The minimum atomic E-state index is 0.451. The van der Waals surface area contributed by atoms with E-state index in [0.717, 1.165) is 35.0 Å². The molecule has 3 rings (SSSR count). The Balaban J connectivity index is 2.01. The van der Waals surface area contributed by atoms with Crippen molar-refractivity contribution in [3.8, 4) is 0 Å². The lowest BCUT2D eigenvalue weighted by Crippen LogP contribution is -2.12. The summed E-state index contributed by atoms with van der Waals surface area (Å²) in [4.78, 5) is 9.12. The van der Waals surface area contributed by atoms with Crippen LogP contribution in [0.5, 0.6) is 0 Å². The number of halogens is 1. The molecule has 0 aliphatic heterocycles. The van der Waals surface area contributed by atoms with Crippen LogP contribution in [-0.4, -0.2) is 14.5 Å². The highest BCUT2D eigenvalue weighted by molar-refractivity contribution is 6.16. The Labute approximate surface area is 112 Å². The van der Waals surface area contributed by atoms with Crippen LogP contribution in [0.3, 0.4) is 0 Å². The van der Waals surface area contributed by atoms with Crippen molar-refractivity contribution in [2.24, 2.45) is 11.8 Å². The number of hydrogen-bond donors (Lipinski definition) is 0. The summed E-state index contributed by atoms with van der Waals surface area (Å²) < 4.78 is 2.20. The molecule has 0 radical (unpaired) electrons. The van der Waals surface area contributed by atoms with Crippen LogP contribution in [0.2, 0.25) is 0 Å². The third kappa shape index (κ3) is 2.12. The van der Waals surface area contributed by atoms with Crippen LogP contribution in [0, 0.1) is 18.8 Å². The quantitative estimate of drug-likeness (QED) is 0.790. The van der Waals surface area contributed by atoms with Gasteiger partial charge in [0.05, 0.1) is 5.88 Å². The van der Waals surface area contributed by atoms with Gasteiger partial charge in [0.1, 0.15) is 11.3 Å². The number of alkyl halides is 1. The van der Waals surface area contributed by atoms with Gasteiger partial charge < -0.3 is 4.57 Å². The molecule has 0 amide bonds. The van der Waals surface area contributed by atoms with E-state index in [0.29, 0.717) is 11.8 Å². The van der Waals surface area contributed by atoms with E-state index in [2.05, 4.69) is 27.5 Å². The van der Waals surface area contributed by atoms with Crippen LogP contribution in [0.4, 0.5) is 0 Å². The Hall–Kier alpha value is -1.09. The van der Waals surface area contributed by atoms with E-state index in [1.165, 1.54) is 12.8 Å². The number of rotatable bonds is 4. The molecule has 1 fully saturated rings. The number of imidazole rings is 1. The van der Waals surface area contributed by atoms with Crippen molar-refractivity contribution in [2.45, 2.75) is 39.1 Å². The molecular formula is C14H18ClN3. The maximum absolute atomic E-state index is 6.01. The van der Waals surface area contributed by atoms with E-state index in [1.807, 2.05) is 13.1 Å². The summed E-state index contributed by atoms with van der Waals surface area (Å²) >= 11 is 6.01. The van der Waals surface area contributed by atoms with Gasteiger partial charge in [0.2, 0.25) is 0 Å². The second kappa shape index (κ2) is 4.54. The fourth-order valence-electron chi connectivity index (χ4n) is 2.55. The zero-order valence-electron chi connectivity index (χ0n) is 10.9. The van der Waals surface area contributed by atoms with Gasteiger partial charge in [0.15, 0.2) is 5.65 Å². The highest BCUT2D eigenvalue weighted by Crippen LogP contribution is 2.37. The molecule has 2 heterocycles. The lowest BCUT2D eigenvalue weighted by molar-refractivity contribution is 0.429. The van der Waals surface area contributed by atoms with Crippen molar-refractivity contribution < 1.29 is 0 Å². The highest BCUT2D eigenvalue weighted by Gasteiger charge is 2.29. The number of hydrogen-bond acceptors (Lipinski definition) is 2. The number of aromatic nitrogens is 3. The summed E-state index contributed by atoms with van der Waals surface area (Å²) in [7, 11) is 0. The summed E-state index contributed by atoms with van der Waals surface area (Å²) in [5.41, 5.74) is 3.08. The van der Waals surface area contributed by atoms with Gasteiger partial charge in [0.25, 0.3) is 0 Å². The van der Waals surface area contributed by atoms with Gasteiger partial charge in [-0.3, -0.25) is 0 Å². The molecule has 0 saturated heterocycles. The molecule has 4 heteroatoms. The van der Waals surface area contributed by atoms with Crippen molar-refractivity contribution in [3.05, 3.63) is 23.7 Å². The fourth-order valence-corrected chi connectivity index (χ4v) is 2.76. The van der Waals surface area contributed by atoms with Crippen LogP contribution in [-0.2, 0) is 12.4 Å². The van der Waals surface area contributed by atoms with Crippen molar-refractivity contribution in [1.29, 1.82) is 0 Å². The zero-order chi connectivity index (χ0) is 12.7. The van der Waals surface area contributed by atoms with Crippen LogP contribution < -0.4 is 0 Å². The highest BCUT2D eigenvalue weighted by atomic mass is 35.5. The maximum atomic E-state index is 6.01. The normalized spacial score (nSPS) is 17.3. The number of pyridine rings is 1. The Bertz CT molecular complexity index is 572. The molecule has 0 bridgehead atoms. The molecular weight excluding hydrogens is 246 g/mol. The van der Waals surface area contributed by atoms with Crippen molar-refractivity contribution >= 4 is 22.8 Å². The van der Waals surface area contributed by atoms with Crippen molar-refractivity contribution in [1.82, 2.24) is 14.5 Å². The Morgan fingerprint density at radius 3 is 2.94 bits per heavy atom. The monoisotopic (exact) mass is 263 g/mol. The Morgan fingerprint density at radius 2 is 2.28 bits per heavy atom. The maximum Gasteiger partial charge on any atom is 0.160 e. The lowest BCUT2D eigenvalue weighted by Gasteiger charge is -2.13. The van der Waals surface area contributed by atoms with Gasteiger partial charge in [-0.05, 0) is 43.2 Å². The van der Waals surface area contributed by atoms with E-state index in [1.54, 1.807) is 0 Å². The summed E-state index contributed by atoms with van der Waals surface area (Å²) in [6.45, 7) is 5.34. The summed E-state index contributed by atoms with van der Waals surface area (Å²) in [6.07, 6.45) is 4.65. The van der Waals surface area contributed by atoms with E-state index >= 15 is 0 Å². The number of fused-ring (bicyclic) bond motifs is 1.